The number of rotatable bonds is 3. The highest BCUT2D eigenvalue weighted by molar-refractivity contribution is 7.19. The van der Waals surface area contributed by atoms with Crippen molar-refractivity contribution in [3.05, 3.63) is 76.9 Å². The Morgan fingerprint density at radius 3 is 2.65 bits per heavy atom. The molecule has 0 radical (unpaired) electrons. The monoisotopic (exact) mass is 425 g/mol. The lowest BCUT2D eigenvalue weighted by atomic mass is 10.2. The second kappa shape index (κ2) is 6.44. The van der Waals surface area contributed by atoms with Gasteiger partial charge < -0.3 is 5.73 Å². The molecule has 8 nitrogen and oxygen atoms in total. The highest BCUT2D eigenvalue weighted by Crippen LogP contribution is 2.30. The van der Waals surface area contributed by atoms with E-state index in [4.69, 9.17) is 5.73 Å². The molecule has 0 unspecified atom stereocenters. The molecule has 0 saturated carbocycles. The third-order valence-electron chi connectivity index (χ3n) is 5.29. The number of imidazole rings is 1. The standard InChI is InChI=1S/C22H15N7OS/c1-12-20(31-22-24-14-9-5-6-10-16(14)28(12)22)19(30)18-21(23)29-17(25-26-18)11-15(27-29)13-7-3-2-4-8-13/h2-11H,23H2,1H3. The van der Waals surface area contributed by atoms with Gasteiger partial charge in [0.15, 0.2) is 22.1 Å². The molecule has 0 saturated heterocycles. The third-order valence-corrected chi connectivity index (χ3v) is 6.43. The number of thiazole rings is 1. The zero-order valence-electron chi connectivity index (χ0n) is 16.4. The van der Waals surface area contributed by atoms with Gasteiger partial charge in [0.25, 0.3) is 0 Å². The number of hydrogen-bond acceptors (Lipinski definition) is 7. The van der Waals surface area contributed by atoms with Crippen molar-refractivity contribution in [2.75, 3.05) is 5.73 Å². The molecule has 4 heterocycles. The number of carbonyl (C=O) groups is 1. The molecule has 6 rings (SSSR count). The fourth-order valence-corrected chi connectivity index (χ4v) is 4.85. The van der Waals surface area contributed by atoms with Crippen LogP contribution < -0.4 is 5.73 Å². The minimum Gasteiger partial charge on any atom is -0.382 e. The van der Waals surface area contributed by atoms with Crippen molar-refractivity contribution in [2.45, 2.75) is 6.92 Å². The van der Waals surface area contributed by atoms with Crippen LogP contribution >= 0.6 is 11.3 Å². The van der Waals surface area contributed by atoms with Crippen LogP contribution in [0, 0.1) is 6.92 Å². The van der Waals surface area contributed by atoms with Crippen molar-refractivity contribution in [1.29, 1.82) is 0 Å². The van der Waals surface area contributed by atoms with Crippen molar-refractivity contribution in [3.8, 4) is 11.3 Å². The van der Waals surface area contributed by atoms with Gasteiger partial charge >= 0.3 is 0 Å². The Morgan fingerprint density at radius 2 is 1.81 bits per heavy atom. The van der Waals surface area contributed by atoms with Crippen LogP contribution in [0.1, 0.15) is 21.1 Å². The van der Waals surface area contributed by atoms with Crippen LogP contribution in [0.25, 0.3) is 32.9 Å². The maximum Gasteiger partial charge on any atom is 0.228 e. The van der Waals surface area contributed by atoms with Gasteiger partial charge in [-0.2, -0.15) is 9.61 Å². The van der Waals surface area contributed by atoms with E-state index in [2.05, 4.69) is 20.3 Å². The predicted molar refractivity (Wildman–Crippen MR) is 119 cm³/mol. The van der Waals surface area contributed by atoms with Gasteiger partial charge in [0.1, 0.15) is 4.88 Å². The number of para-hydroxylation sites is 2. The first-order valence-electron chi connectivity index (χ1n) is 9.60. The molecule has 0 fully saturated rings. The Morgan fingerprint density at radius 1 is 1.03 bits per heavy atom. The summed E-state index contributed by atoms with van der Waals surface area (Å²) in [6.07, 6.45) is 0. The van der Waals surface area contributed by atoms with E-state index in [0.717, 1.165) is 27.3 Å². The molecule has 0 spiro atoms. The van der Waals surface area contributed by atoms with Crippen LogP contribution in [0.4, 0.5) is 5.82 Å². The molecule has 6 aromatic rings. The molecule has 0 aliphatic rings. The zero-order valence-corrected chi connectivity index (χ0v) is 17.2. The van der Waals surface area contributed by atoms with E-state index >= 15 is 0 Å². The Balaban J connectivity index is 1.48. The quantitative estimate of drug-likeness (QED) is 0.433. The first-order chi connectivity index (χ1) is 15.1. The van der Waals surface area contributed by atoms with Crippen LogP contribution in [-0.2, 0) is 0 Å². The number of nitrogen functional groups attached to an aromatic ring is 1. The number of aromatic nitrogens is 6. The van der Waals surface area contributed by atoms with Crippen LogP contribution in [0.5, 0.6) is 0 Å². The van der Waals surface area contributed by atoms with Gasteiger partial charge in [-0.3, -0.25) is 9.20 Å². The molecular weight excluding hydrogens is 410 g/mol. The van der Waals surface area contributed by atoms with Crippen molar-refractivity contribution in [1.82, 2.24) is 29.2 Å². The summed E-state index contributed by atoms with van der Waals surface area (Å²) in [5, 5.41) is 12.9. The van der Waals surface area contributed by atoms with E-state index in [9.17, 15) is 4.79 Å². The zero-order chi connectivity index (χ0) is 21.1. The maximum absolute atomic E-state index is 13.4. The second-order valence-electron chi connectivity index (χ2n) is 7.16. The minimum atomic E-state index is -0.291. The lowest BCUT2D eigenvalue weighted by molar-refractivity contribution is 0.103. The number of ketones is 1. The van der Waals surface area contributed by atoms with E-state index in [-0.39, 0.29) is 17.3 Å². The number of aryl methyl sites for hydroxylation is 1. The summed E-state index contributed by atoms with van der Waals surface area (Å²) < 4.78 is 3.45. The largest absolute Gasteiger partial charge is 0.382 e. The van der Waals surface area contributed by atoms with Crippen LogP contribution in [-0.4, -0.2) is 35.0 Å². The van der Waals surface area contributed by atoms with Crippen molar-refractivity contribution in [3.63, 3.8) is 0 Å². The molecule has 2 aromatic carbocycles. The van der Waals surface area contributed by atoms with Crippen LogP contribution in [0.15, 0.2) is 60.7 Å². The molecule has 0 amide bonds. The van der Waals surface area contributed by atoms with E-state index in [0.29, 0.717) is 16.2 Å². The normalized spacial score (nSPS) is 11.6. The number of carbonyl (C=O) groups excluding carboxylic acids is 1. The van der Waals surface area contributed by atoms with E-state index in [1.54, 1.807) is 6.07 Å². The molecule has 0 atom stereocenters. The number of anilines is 1. The number of nitrogens with zero attached hydrogens (tertiary/aromatic N) is 6. The Kier molecular flexibility index (Phi) is 3.68. The second-order valence-corrected chi connectivity index (χ2v) is 8.14. The molecular formula is C22H15N7OS. The number of nitrogens with two attached hydrogens (primary N) is 1. The highest BCUT2D eigenvalue weighted by Gasteiger charge is 2.25. The Labute approximate surface area is 179 Å². The minimum absolute atomic E-state index is 0.0760. The summed E-state index contributed by atoms with van der Waals surface area (Å²) in [4.78, 5) is 19.3. The first-order valence-corrected chi connectivity index (χ1v) is 10.4. The summed E-state index contributed by atoms with van der Waals surface area (Å²) in [6, 6.07) is 19.3. The average molecular weight is 425 g/mol. The summed E-state index contributed by atoms with van der Waals surface area (Å²) >= 11 is 1.32. The maximum atomic E-state index is 13.4. The van der Waals surface area contributed by atoms with Gasteiger partial charge in [0.2, 0.25) is 5.78 Å². The lowest BCUT2D eigenvalue weighted by Crippen LogP contribution is -2.14. The number of fused-ring (bicyclic) bond motifs is 4. The molecule has 0 aliphatic heterocycles. The van der Waals surface area contributed by atoms with Crippen molar-refractivity contribution in [2.24, 2.45) is 0 Å². The fourth-order valence-electron chi connectivity index (χ4n) is 3.77. The van der Waals surface area contributed by atoms with Crippen molar-refractivity contribution >= 4 is 44.6 Å². The van der Waals surface area contributed by atoms with Crippen LogP contribution in [0.2, 0.25) is 0 Å². The van der Waals surface area contributed by atoms with E-state index in [1.807, 2.05) is 65.9 Å². The summed E-state index contributed by atoms with van der Waals surface area (Å²) in [7, 11) is 0. The highest BCUT2D eigenvalue weighted by atomic mass is 32.1. The first kappa shape index (κ1) is 17.7. The van der Waals surface area contributed by atoms with Gasteiger partial charge in [0, 0.05) is 17.3 Å². The lowest BCUT2D eigenvalue weighted by Gasteiger charge is -2.04. The molecule has 2 N–H and O–H groups in total. The van der Waals surface area contributed by atoms with Gasteiger partial charge in [0.05, 0.1) is 16.7 Å². The molecule has 31 heavy (non-hydrogen) atoms. The Hall–Kier alpha value is -4.11. The molecule has 4 aromatic heterocycles. The number of benzene rings is 2. The van der Waals surface area contributed by atoms with Gasteiger partial charge in [-0.05, 0) is 19.1 Å². The number of hydrogen-bond donors (Lipinski definition) is 1. The van der Waals surface area contributed by atoms with E-state index in [1.165, 1.54) is 15.9 Å². The third kappa shape index (κ3) is 2.57. The summed E-state index contributed by atoms with van der Waals surface area (Å²) in [6.45, 7) is 1.90. The van der Waals surface area contributed by atoms with Crippen molar-refractivity contribution < 1.29 is 4.79 Å². The van der Waals surface area contributed by atoms with Gasteiger partial charge in [-0.25, -0.2) is 4.98 Å². The molecule has 0 aliphatic carbocycles. The summed E-state index contributed by atoms with van der Waals surface area (Å²) in [5.74, 6) is -0.131. The Bertz CT molecular complexity index is 1630. The smallest absolute Gasteiger partial charge is 0.228 e. The molecule has 9 heteroatoms. The topological polar surface area (TPSA) is 103 Å². The molecule has 0 bridgehead atoms. The van der Waals surface area contributed by atoms with Gasteiger partial charge in [-0.15, -0.1) is 10.2 Å². The van der Waals surface area contributed by atoms with Gasteiger partial charge in [-0.1, -0.05) is 53.8 Å². The molecule has 150 valence electrons. The SMILES string of the molecule is Cc1c(C(=O)c2nnc3cc(-c4ccccc4)nn3c2N)sc2nc3ccccc3n12. The fraction of sp³-hybridized carbons (Fsp3) is 0.0455. The van der Waals surface area contributed by atoms with E-state index < -0.39 is 0 Å². The average Bonchev–Trinajstić information content (AvgIpc) is 3.47. The predicted octanol–water partition coefficient (Wildman–Crippen LogP) is 3.78. The van der Waals surface area contributed by atoms with Crippen LogP contribution in [0.3, 0.4) is 0 Å². The summed E-state index contributed by atoms with van der Waals surface area (Å²) in [5.41, 5.74) is 11.2.